The van der Waals surface area contributed by atoms with E-state index in [9.17, 15) is 9.59 Å². The third kappa shape index (κ3) is 6.05. The Labute approximate surface area is 175 Å². The average Bonchev–Trinajstić information content (AvgIpc) is 2.73. The Hall–Kier alpha value is -1.88. The second kappa shape index (κ2) is 10.2. The summed E-state index contributed by atoms with van der Waals surface area (Å²) in [4.78, 5) is 26.8. The molecular weight excluding hydrogens is 364 g/mol. The molecule has 0 spiro atoms. The van der Waals surface area contributed by atoms with Gasteiger partial charge in [-0.2, -0.15) is 0 Å². The van der Waals surface area contributed by atoms with Gasteiger partial charge in [0.15, 0.2) is 0 Å². The maximum atomic E-state index is 12.5. The minimum Gasteiger partial charge on any atom is -0.368 e. The molecule has 1 aromatic carbocycles. The van der Waals surface area contributed by atoms with Crippen LogP contribution in [0.25, 0.3) is 0 Å². The first kappa shape index (κ1) is 21.8. The first-order chi connectivity index (χ1) is 13.9. The van der Waals surface area contributed by atoms with E-state index < -0.39 is 0 Å². The first-order valence-corrected chi connectivity index (χ1v) is 11.2. The average molecular weight is 401 g/mol. The molecule has 160 valence electrons. The van der Waals surface area contributed by atoms with Crippen LogP contribution in [0.15, 0.2) is 30.3 Å². The van der Waals surface area contributed by atoms with E-state index in [1.807, 2.05) is 35.2 Å². The summed E-state index contributed by atoms with van der Waals surface area (Å²) in [7, 11) is 0. The second-order valence-corrected chi connectivity index (χ2v) is 9.18. The molecule has 3 rings (SSSR count). The fourth-order valence-corrected chi connectivity index (χ4v) is 4.75. The van der Waals surface area contributed by atoms with Gasteiger partial charge in [-0.05, 0) is 55.6 Å². The zero-order valence-corrected chi connectivity index (χ0v) is 18.1. The Kier molecular flexibility index (Phi) is 7.70. The van der Waals surface area contributed by atoms with Crippen molar-refractivity contribution in [3.63, 3.8) is 0 Å². The summed E-state index contributed by atoms with van der Waals surface area (Å²) in [5, 5.41) is 3.11. The number of rotatable bonds is 6. The summed E-state index contributed by atoms with van der Waals surface area (Å²) in [6, 6.07) is 9.51. The lowest BCUT2D eigenvalue weighted by Crippen LogP contribution is -2.47. The third-order valence-corrected chi connectivity index (χ3v) is 6.56. The largest absolute Gasteiger partial charge is 0.368 e. The van der Waals surface area contributed by atoms with Crippen molar-refractivity contribution >= 4 is 11.8 Å². The monoisotopic (exact) mass is 400 g/mol. The number of piperidine rings is 1. The van der Waals surface area contributed by atoms with Gasteiger partial charge in [0.1, 0.15) is 6.61 Å². The molecule has 0 radical (unpaired) electrons. The molecule has 1 saturated carbocycles. The number of hydrogen-bond acceptors (Lipinski definition) is 3. The molecule has 5 nitrogen and oxygen atoms in total. The molecule has 1 heterocycles. The van der Waals surface area contributed by atoms with Gasteiger partial charge in [-0.15, -0.1) is 0 Å². The molecule has 1 saturated heterocycles. The topological polar surface area (TPSA) is 58.6 Å². The summed E-state index contributed by atoms with van der Waals surface area (Å²) in [5.41, 5.74) is 0.727. The van der Waals surface area contributed by atoms with E-state index in [4.69, 9.17) is 4.74 Å². The van der Waals surface area contributed by atoms with Gasteiger partial charge in [0.05, 0.1) is 6.10 Å². The van der Waals surface area contributed by atoms with Crippen molar-refractivity contribution in [2.75, 3.05) is 19.7 Å². The number of nitrogens with one attached hydrogen (secondary N) is 1. The normalized spacial score (nSPS) is 25.8. The molecule has 0 aromatic heterocycles. The lowest BCUT2D eigenvalue weighted by atomic mass is 9.75. The number of nitrogens with zero attached hydrogens (tertiary/aromatic N) is 1. The van der Waals surface area contributed by atoms with Gasteiger partial charge in [0, 0.05) is 24.7 Å². The second-order valence-electron chi connectivity index (χ2n) is 9.18. The van der Waals surface area contributed by atoms with Crippen molar-refractivity contribution in [2.45, 2.75) is 65.0 Å². The zero-order valence-electron chi connectivity index (χ0n) is 18.1. The van der Waals surface area contributed by atoms with E-state index in [0.717, 1.165) is 24.8 Å². The van der Waals surface area contributed by atoms with Gasteiger partial charge in [0.2, 0.25) is 5.91 Å². The van der Waals surface area contributed by atoms with Crippen molar-refractivity contribution in [3.05, 3.63) is 35.9 Å². The summed E-state index contributed by atoms with van der Waals surface area (Å²) < 4.78 is 6.07. The molecule has 29 heavy (non-hydrogen) atoms. The Balaban J connectivity index is 1.41. The molecule has 0 unspecified atom stereocenters. The number of carbonyl (C=O) groups is 2. The Morgan fingerprint density at radius 3 is 2.45 bits per heavy atom. The predicted molar refractivity (Wildman–Crippen MR) is 115 cm³/mol. The van der Waals surface area contributed by atoms with Gasteiger partial charge >= 0.3 is 0 Å². The Bertz CT molecular complexity index is 668. The molecular formula is C24H36N2O3. The van der Waals surface area contributed by atoms with Crippen molar-refractivity contribution in [1.29, 1.82) is 0 Å². The minimum atomic E-state index is -0.0291. The van der Waals surface area contributed by atoms with Gasteiger partial charge in [-0.1, -0.05) is 45.4 Å². The van der Waals surface area contributed by atoms with Crippen LogP contribution in [0.1, 0.15) is 63.2 Å². The van der Waals surface area contributed by atoms with Crippen LogP contribution in [-0.2, 0) is 9.53 Å². The minimum absolute atomic E-state index is 0.0291. The fraction of sp³-hybridized carbons (Fsp3) is 0.667. The van der Waals surface area contributed by atoms with Crippen LogP contribution >= 0.6 is 0 Å². The van der Waals surface area contributed by atoms with Crippen LogP contribution in [0.2, 0.25) is 0 Å². The lowest BCUT2D eigenvalue weighted by Gasteiger charge is -2.37. The van der Waals surface area contributed by atoms with Crippen molar-refractivity contribution in [1.82, 2.24) is 10.2 Å². The maximum Gasteiger partial charge on any atom is 0.253 e. The van der Waals surface area contributed by atoms with Crippen LogP contribution in [-0.4, -0.2) is 48.6 Å². The molecule has 1 aromatic rings. The summed E-state index contributed by atoms with van der Waals surface area (Å²) in [5.74, 6) is 1.85. The van der Waals surface area contributed by atoms with E-state index in [2.05, 4.69) is 26.1 Å². The number of likely N-dealkylation sites (tertiary alicyclic amines) is 1. The van der Waals surface area contributed by atoms with Gasteiger partial charge in [-0.25, -0.2) is 0 Å². The summed E-state index contributed by atoms with van der Waals surface area (Å²) >= 11 is 0. The van der Waals surface area contributed by atoms with Gasteiger partial charge in [-0.3, -0.25) is 9.59 Å². The van der Waals surface area contributed by atoms with Crippen LogP contribution in [0.5, 0.6) is 0 Å². The standard InChI is InChI=1S/C24H36N2O3/c1-17(2)21-10-9-18(3)15-22(21)29-16-23(27)25-20-11-13-26(14-12-20)24(28)19-7-5-4-6-8-19/h4-8,17-18,20-22H,9-16H2,1-3H3,(H,25,27)/t18-,21+,22-/m0/s1. The third-order valence-electron chi connectivity index (χ3n) is 6.56. The highest BCUT2D eigenvalue weighted by atomic mass is 16.5. The van der Waals surface area contributed by atoms with E-state index >= 15 is 0 Å². The smallest absolute Gasteiger partial charge is 0.253 e. The Morgan fingerprint density at radius 2 is 1.79 bits per heavy atom. The molecule has 1 aliphatic heterocycles. The highest BCUT2D eigenvalue weighted by molar-refractivity contribution is 5.94. The van der Waals surface area contributed by atoms with Gasteiger partial charge < -0.3 is 15.0 Å². The quantitative estimate of drug-likeness (QED) is 0.788. The summed E-state index contributed by atoms with van der Waals surface area (Å²) in [6.07, 6.45) is 5.28. The Morgan fingerprint density at radius 1 is 1.10 bits per heavy atom. The lowest BCUT2D eigenvalue weighted by molar-refractivity contribution is -0.132. The highest BCUT2D eigenvalue weighted by Crippen LogP contribution is 2.35. The van der Waals surface area contributed by atoms with E-state index in [1.165, 1.54) is 12.8 Å². The van der Waals surface area contributed by atoms with E-state index in [1.54, 1.807) is 0 Å². The van der Waals surface area contributed by atoms with E-state index in [-0.39, 0.29) is 30.6 Å². The maximum absolute atomic E-state index is 12.5. The van der Waals surface area contributed by atoms with Crippen LogP contribution in [0.4, 0.5) is 0 Å². The fourth-order valence-electron chi connectivity index (χ4n) is 4.75. The van der Waals surface area contributed by atoms with Crippen molar-refractivity contribution in [2.24, 2.45) is 17.8 Å². The molecule has 1 N–H and O–H groups in total. The van der Waals surface area contributed by atoms with Crippen LogP contribution in [0, 0.1) is 17.8 Å². The van der Waals surface area contributed by atoms with Crippen LogP contribution in [0.3, 0.4) is 0 Å². The molecule has 2 fully saturated rings. The number of amides is 2. The first-order valence-electron chi connectivity index (χ1n) is 11.2. The molecule has 2 aliphatic rings. The zero-order chi connectivity index (χ0) is 20.8. The number of hydrogen-bond donors (Lipinski definition) is 1. The van der Waals surface area contributed by atoms with Crippen molar-refractivity contribution < 1.29 is 14.3 Å². The molecule has 3 atom stereocenters. The van der Waals surface area contributed by atoms with Gasteiger partial charge in [0.25, 0.3) is 5.91 Å². The summed E-state index contributed by atoms with van der Waals surface area (Å²) in [6.45, 7) is 8.27. The number of benzene rings is 1. The van der Waals surface area contributed by atoms with E-state index in [0.29, 0.717) is 30.8 Å². The number of carbonyl (C=O) groups excluding carboxylic acids is 2. The molecule has 5 heteroatoms. The highest BCUT2D eigenvalue weighted by Gasteiger charge is 2.32. The molecule has 2 amide bonds. The molecule has 0 bridgehead atoms. The SMILES string of the molecule is CC(C)[C@H]1CC[C@H](C)C[C@@H]1OCC(=O)NC1CCN(C(=O)c2ccccc2)CC1. The van der Waals surface area contributed by atoms with Crippen LogP contribution < -0.4 is 5.32 Å². The van der Waals surface area contributed by atoms with Crippen molar-refractivity contribution in [3.8, 4) is 0 Å². The molecule has 1 aliphatic carbocycles. The number of ether oxygens (including phenoxy) is 1. The predicted octanol–water partition coefficient (Wildman–Crippen LogP) is 3.88.